The Morgan fingerprint density at radius 3 is 2.00 bits per heavy atom. The van der Waals surface area contributed by atoms with Gasteiger partial charge in [-0.05, 0) is 35.2 Å². The molecule has 0 atom stereocenters. The zero-order valence-corrected chi connectivity index (χ0v) is 17.4. The number of halogens is 1. The molecule has 0 aliphatic rings. The van der Waals surface area contributed by atoms with Crippen LogP contribution in [0.4, 0.5) is 0 Å². The first-order valence-corrected chi connectivity index (χ1v) is 11.7. The van der Waals surface area contributed by atoms with Crippen molar-refractivity contribution in [2.24, 2.45) is 0 Å². The van der Waals surface area contributed by atoms with Crippen LogP contribution in [0.5, 0.6) is 5.75 Å². The average molecular weight is 404 g/mol. The summed E-state index contributed by atoms with van der Waals surface area (Å²) in [4.78, 5) is 0. The van der Waals surface area contributed by atoms with Gasteiger partial charge >= 0.3 is 0 Å². The summed E-state index contributed by atoms with van der Waals surface area (Å²) in [5.41, 5.74) is 2.89. The topological polar surface area (TPSA) is 9.23 Å². The van der Waals surface area contributed by atoms with Gasteiger partial charge in [0, 0.05) is 9.99 Å². The molecule has 1 aromatic carbocycles. The van der Waals surface area contributed by atoms with Gasteiger partial charge in [-0.25, -0.2) is 0 Å². The molecule has 1 rings (SSSR count). The lowest BCUT2D eigenvalue weighted by Crippen LogP contribution is -2.44. The molecule has 20 heavy (non-hydrogen) atoms. The Labute approximate surface area is 139 Å². The van der Waals surface area contributed by atoms with Crippen molar-refractivity contribution in [3.8, 4) is 5.75 Å². The molecule has 0 saturated carbocycles. The zero-order valence-electron chi connectivity index (χ0n) is 14.2. The second-order valence-corrected chi connectivity index (χ2v) is 13.6. The summed E-state index contributed by atoms with van der Waals surface area (Å²) in [5.74, 6) is 1.08. The summed E-state index contributed by atoms with van der Waals surface area (Å²) in [6.07, 6.45) is 0. The molecule has 0 amide bonds. The highest BCUT2D eigenvalue weighted by atomic mass is 127. The third-order valence-electron chi connectivity index (χ3n) is 4.24. The van der Waals surface area contributed by atoms with E-state index in [9.17, 15) is 0 Å². The van der Waals surface area contributed by atoms with Crippen LogP contribution in [0.1, 0.15) is 52.7 Å². The van der Waals surface area contributed by atoms with Gasteiger partial charge in [-0.1, -0.05) is 76.3 Å². The van der Waals surface area contributed by atoms with E-state index >= 15 is 0 Å². The largest absolute Gasteiger partial charge is 0.543 e. The average Bonchev–Trinajstić information content (AvgIpc) is 2.26. The maximum Gasteiger partial charge on any atom is 0.250 e. The Morgan fingerprint density at radius 2 is 1.60 bits per heavy atom. The fraction of sp³-hybridized carbons (Fsp3) is 0.647. The molecular weight excluding hydrogens is 375 g/mol. The van der Waals surface area contributed by atoms with Crippen molar-refractivity contribution < 1.29 is 4.43 Å². The predicted octanol–water partition coefficient (Wildman–Crippen LogP) is 6.30. The van der Waals surface area contributed by atoms with Gasteiger partial charge in [-0.3, -0.25) is 0 Å². The number of hydrogen-bond acceptors (Lipinski definition) is 1. The summed E-state index contributed by atoms with van der Waals surface area (Å²) >= 11 is 2.43. The van der Waals surface area contributed by atoms with E-state index in [4.69, 9.17) is 4.43 Å². The predicted molar refractivity (Wildman–Crippen MR) is 101 cm³/mol. The number of alkyl halides is 1. The van der Waals surface area contributed by atoms with Crippen LogP contribution >= 0.6 is 22.6 Å². The van der Waals surface area contributed by atoms with E-state index in [2.05, 4.69) is 95.4 Å². The minimum Gasteiger partial charge on any atom is -0.543 e. The SMILES string of the molecule is CC(C)(C)c1ccc(O[Si](C)(C)C(C)(C)C)c(CI)c1. The molecule has 114 valence electrons. The van der Waals surface area contributed by atoms with Gasteiger partial charge in [-0.15, -0.1) is 0 Å². The van der Waals surface area contributed by atoms with E-state index in [1.54, 1.807) is 0 Å². The maximum atomic E-state index is 6.49. The molecule has 0 fully saturated rings. The number of benzene rings is 1. The van der Waals surface area contributed by atoms with Gasteiger partial charge in [0.2, 0.25) is 8.32 Å². The van der Waals surface area contributed by atoms with Gasteiger partial charge in [0.05, 0.1) is 0 Å². The Kier molecular flexibility index (Phi) is 5.40. The van der Waals surface area contributed by atoms with Gasteiger partial charge in [-0.2, -0.15) is 0 Å². The molecular formula is C17H29IOSi. The first kappa shape index (κ1) is 18.0. The number of rotatable bonds is 3. The van der Waals surface area contributed by atoms with Crippen LogP contribution < -0.4 is 4.43 Å². The first-order chi connectivity index (χ1) is 8.88. The van der Waals surface area contributed by atoms with Crippen LogP contribution in [-0.4, -0.2) is 8.32 Å². The van der Waals surface area contributed by atoms with Crippen molar-refractivity contribution in [1.29, 1.82) is 0 Å². The fourth-order valence-corrected chi connectivity index (χ4v) is 3.33. The van der Waals surface area contributed by atoms with Gasteiger partial charge in [0.15, 0.2) is 0 Å². The highest BCUT2D eigenvalue weighted by Gasteiger charge is 2.39. The zero-order chi connectivity index (χ0) is 15.8. The molecule has 3 heteroatoms. The Balaban J connectivity index is 3.15. The second kappa shape index (κ2) is 5.99. The third-order valence-corrected chi connectivity index (χ3v) is 9.41. The van der Waals surface area contributed by atoms with Crippen molar-refractivity contribution in [2.75, 3.05) is 0 Å². The molecule has 0 unspecified atom stereocenters. The minimum atomic E-state index is -1.76. The lowest BCUT2D eigenvalue weighted by Gasteiger charge is -2.37. The van der Waals surface area contributed by atoms with Crippen LogP contribution in [0.2, 0.25) is 18.1 Å². The van der Waals surface area contributed by atoms with Crippen molar-refractivity contribution in [3.05, 3.63) is 29.3 Å². The summed E-state index contributed by atoms with van der Waals surface area (Å²) in [6, 6.07) is 6.71. The highest BCUT2D eigenvalue weighted by Crippen LogP contribution is 2.39. The van der Waals surface area contributed by atoms with Crippen molar-refractivity contribution in [2.45, 2.75) is 69.5 Å². The smallest absolute Gasteiger partial charge is 0.250 e. The first-order valence-electron chi connectivity index (χ1n) is 7.27. The van der Waals surface area contributed by atoms with Crippen LogP contribution in [0.15, 0.2) is 18.2 Å². The number of hydrogen-bond donors (Lipinski definition) is 0. The van der Waals surface area contributed by atoms with Gasteiger partial charge in [0.1, 0.15) is 5.75 Å². The third kappa shape index (κ3) is 4.23. The standard InChI is InChI=1S/C17H29IOSi/c1-16(2,3)14-9-10-15(13(11-14)12-18)19-20(7,8)17(4,5)6/h9-11H,12H2,1-8H3. The lowest BCUT2D eigenvalue weighted by atomic mass is 9.86. The molecule has 1 aromatic rings. The molecule has 0 aromatic heterocycles. The van der Waals surface area contributed by atoms with E-state index < -0.39 is 8.32 Å². The summed E-state index contributed by atoms with van der Waals surface area (Å²) < 4.78 is 7.48. The van der Waals surface area contributed by atoms with E-state index in [1.165, 1.54) is 11.1 Å². The Morgan fingerprint density at radius 1 is 1.05 bits per heavy atom. The Hall–Kier alpha value is -0.0331. The Bertz CT molecular complexity index is 467. The van der Waals surface area contributed by atoms with Crippen LogP contribution in [-0.2, 0) is 9.84 Å². The highest BCUT2D eigenvalue weighted by molar-refractivity contribution is 14.1. The van der Waals surface area contributed by atoms with Crippen molar-refractivity contribution in [3.63, 3.8) is 0 Å². The van der Waals surface area contributed by atoms with E-state index in [0.717, 1.165) is 10.2 Å². The molecule has 0 saturated heterocycles. The molecule has 0 bridgehead atoms. The summed E-state index contributed by atoms with van der Waals surface area (Å²) in [5, 5.41) is 0.234. The normalized spacial score (nSPS) is 13.4. The van der Waals surface area contributed by atoms with E-state index in [1.807, 2.05) is 0 Å². The molecule has 0 aliphatic carbocycles. The van der Waals surface area contributed by atoms with Crippen LogP contribution in [0.25, 0.3) is 0 Å². The molecule has 0 heterocycles. The van der Waals surface area contributed by atoms with Crippen molar-refractivity contribution >= 4 is 30.9 Å². The summed E-state index contributed by atoms with van der Waals surface area (Å²) in [6.45, 7) is 18.2. The van der Waals surface area contributed by atoms with Gasteiger partial charge < -0.3 is 4.43 Å². The fourth-order valence-electron chi connectivity index (χ4n) is 1.68. The van der Waals surface area contributed by atoms with Crippen LogP contribution in [0.3, 0.4) is 0 Å². The van der Waals surface area contributed by atoms with Crippen molar-refractivity contribution in [1.82, 2.24) is 0 Å². The molecule has 1 nitrogen and oxygen atoms in total. The van der Waals surface area contributed by atoms with E-state index in [-0.39, 0.29) is 10.5 Å². The quantitative estimate of drug-likeness (QED) is 0.326. The van der Waals surface area contributed by atoms with E-state index in [0.29, 0.717) is 0 Å². The minimum absolute atomic E-state index is 0.191. The van der Waals surface area contributed by atoms with Crippen LogP contribution in [0, 0.1) is 0 Å². The lowest BCUT2D eigenvalue weighted by molar-refractivity contribution is 0.488. The molecule has 0 radical (unpaired) electrons. The van der Waals surface area contributed by atoms with Gasteiger partial charge in [0.25, 0.3) is 0 Å². The molecule has 0 spiro atoms. The monoisotopic (exact) mass is 404 g/mol. The molecule has 0 aliphatic heterocycles. The molecule has 0 N–H and O–H groups in total. The second-order valence-electron chi connectivity index (χ2n) is 8.07. The maximum absolute atomic E-state index is 6.49. The summed E-state index contributed by atoms with van der Waals surface area (Å²) in [7, 11) is -1.76.